The van der Waals surface area contributed by atoms with Crippen LogP contribution < -0.4 is 42.6 Å². The second-order valence-corrected chi connectivity index (χ2v) is 51.2. The van der Waals surface area contributed by atoms with Gasteiger partial charge in [0.1, 0.15) is 111 Å². The zero-order valence-corrected chi connectivity index (χ0v) is 91.8. The summed E-state index contributed by atoms with van der Waals surface area (Å²) in [6, 6.07) is 69.8. The topological polar surface area (TPSA) is 160 Å². The van der Waals surface area contributed by atoms with Gasteiger partial charge in [-0.05, 0) is 219 Å². The van der Waals surface area contributed by atoms with Crippen LogP contribution in [0.15, 0.2) is 200 Å². The molecule has 0 bridgehead atoms. The molecule has 0 N–H and O–H groups in total. The lowest BCUT2D eigenvalue weighted by atomic mass is 9.71. The molecule has 0 fully saturated rings. The van der Waals surface area contributed by atoms with Gasteiger partial charge < -0.3 is 42.6 Å². The maximum atomic E-state index is 6.86. The van der Waals surface area contributed by atoms with E-state index in [1.165, 1.54) is 0 Å². The van der Waals surface area contributed by atoms with Crippen LogP contribution in [0.5, 0.6) is 51.7 Å². The van der Waals surface area contributed by atoms with Crippen molar-refractivity contribution in [2.24, 2.45) is 0 Å². The fourth-order valence-corrected chi connectivity index (χ4v) is 15.9. The van der Waals surface area contributed by atoms with Crippen molar-refractivity contribution in [1.82, 2.24) is 29.9 Å². The highest BCUT2D eigenvalue weighted by atomic mass is 16.5. The maximum Gasteiger partial charge on any atom is 0.123 e. The van der Waals surface area contributed by atoms with Crippen molar-refractivity contribution in [3.8, 4) is 51.7 Å². The van der Waals surface area contributed by atoms with Crippen LogP contribution in [0.3, 0.4) is 0 Å². The van der Waals surface area contributed by atoms with Gasteiger partial charge in [-0.1, -0.05) is 286 Å². The molecule has 12 aromatic rings. The second-order valence-electron chi connectivity index (χ2n) is 51.2. The molecule has 0 aliphatic heterocycles. The van der Waals surface area contributed by atoms with E-state index in [9.17, 15) is 0 Å². The molecule has 0 unspecified atom stereocenters. The summed E-state index contributed by atoms with van der Waals surface area (Å²) in [5.74, 6) is 6.06. The molecule has 0 aliphatic carbocycles. The molecule has 15 heteroatoms. The highest BCUT2D eigenvalue weighted by Gasteiger charge is 2.35. The van der Waals surface area contributed by atoms with Gasteiger partial charge in [0.25, 0.3) is 0 Å². The average Bonchev–Trinajstić information content (AvgIpc) is 0.757. The fraction of sp³-hybridized carbons (Fsp3) is 0.472. The maximum absolute atomic E-state index is 6.86. The minimum absolute atomic E-state index is 0.170. The molecule has 0 radical (unpaired) electrons. The molecular weight excluding hydrogens is 1730 g/mol. The molecule has 6 aromatic carbocycles. The number of pyridine rings is 6. The number of benzene rings is 6. The van der Waals surface area contributed by atoms with Crippen LogP contribution in [0, 0.1) is 0 Å². The second kappa shape index (κ2) is 41.2. The lowest BCUT2D eigenvalue weighted by Gasteiger charge is -2.32. The summed E-state index contributed by atoms with van der Waals surface area (Å²) in [6.45, 7) is 84.3. The van der Waals surface area contributed by atoms with Crippen LogP contribution in [0.1, 0.15) is 391 Å². The number of nitrogens with zero attached hydrogens (tertiary/aromatic N) is 6. The lowest BCUT2D eigenvalue weighted by Crippen LogP contribution is -2.25. The highest BCUT2D eigenvalue weighted by molar-refractivity contribution is 5.54. The Morgan fingerprint density at radius 1 is 0.136 bits per heavy atom. The normalized spacial score (nSPS) is 13.0. The minimum Gasteiger partial charge on any atom is -0.489 e. The van der Waals surface area contributed by atoms with Crippen LogP contribution in [0.25, 0.3) is 0 Å². The van der Waals surface area contributed by atoms with Crippen molar-refractivity contribution in [2.75, 3.05) is 0 Å². The first-order valence-corrected chi connectivity index (χ1v) is 50.1. The highest BCUT2D eigenvalue weighted by Crippen LogP contribution is 2.44. The van der Waals surface area contributed by atoms with Gasteiger partial charge in [0.15, 0.2) is 0 Å². The third-order valence-corrected chi connectivity index (χ3v) is 25.3. The Bertz CT molecular complexity index is 5210. The van der Waals surface area contributed by atoms with Gasteiger partial charge in [0.05, 0.1) is 0 Å². The minimum atomic E-state index is -0.742. The van der Waals surface area contributed by atoms with E-state index in [1.54, 1.807) is 0 Å². The average molecular weight is 1890 g/mol. The molecule has 0 saturated carbocycles. The molecule has 6 heterocycles. The number of aromatic nitrogens is 6. The summed E-state index contributed by atoms with van der Waals surface area (Å²) in [4.78, 5) is 31.0. The van der Waals surface area contributed by atoms with E-state index >= 15 is 0 Å². The van der Waals surface area contributed by atoms with Crippen molar-refractivity contribution >= 4 is 0 Å². The van der Waals surface area contributed by atoms with Crippen molar-refractivity contribution in [3.05, 3.63) is 335 Å². The van der Waals surface area contributed by atoms with Crippen LogP contribution in [-0.2, 0) is 130 Å². The van der Waals surface area contributed by atoms with Gasteiger partial charge in [0.2, 0.25) is 0 Å². The monoisotopic (exact) mass is 1890 g/mol. The first-order chi connectivity index (χ1) is 64.6. The predicted molar refractivity (Wildman–Crippen MR) is 573 cm³/mol. The molecule has 6 aromatic heterocycles. The van der Waals surface area contributed by atoms with E-state index < -0.39 is 5.41 Å². The Balaban J connectivity index is 0.879. The van der Waals surface area contributed by atoms with Gasteiger partial charge >= 0.3 is 0 Å². The summed E-state index contributed by atoms with van der Waals surface area (Å²) in [5.41, 5.74) is 21.5. The molecule has 15 nitrogen and oxygen atoms in total. The Kier molecular flexibility index (Phi) is 31.5. The van der Waals surface area contributed by atoms with Crippen LogP contribution in [0.2, 0.25) is 0 Å². The van der Waals surface area contributed by atoms with E-state index in [0.29, 0.717) is 91.4 Å². The van der Waals surface area contributed by atoms with E-state index in [2.05, 4.69) is 438 Å². The summed E-state index contributed by atoms with van der Waals surface area (Å²) in [5, 5.41) is 0. The third-order valence-electron chi connectivity index (χ3n) is 25.3. The first-order valence-electron chi connectivity index (χ1n) is 50.1. The zero-order chi connectivity index (χ0) is 103. The molecule has 746 valence electrons. The molecule has 0 aliphatic rings. The van der Waals surface area contributed by atoms with Crippen molar-refractivity contribution in [2.45, 2.75) is 386 Å². The third kappa shape index (κ3) is 29.1. The summed E-state index contributed by atoms with van der Waals surface area (Å²) >= 11 is 0. The van der Waals surface area contributed by atoms with Gasteiger partial charge in [0, 0.05) is 157 Å². The van der Waals surface area contributed by atoms with E-state index in [1.807, 2.05) is 18.2 Å². The number of rotatable bonds is 30. The van der Waals surface area contributed by atoms with Crippen LogP contribution in [0.4, 0.5) is 0 Å². The standard InChI is InChI=1S/C125H162N6O9/c1-113(2,3)101-56-83(57-102(126-101)114(4,5)6)74-135-95-50-80(51-96(68-95)136-75-84-58-103(115(7,8)9)127-104(59-84)116(10,11)12)71-132-92-44-38-89(39-45-92)125(37,90-40-46-93(47-41-90)133-72-81-52-97(137-76-85-60-105(117(13,14)15)128-106(61-85)118(16,17)18)69-98(53-81)138-77-86-62-107(119(19,20)21)129-108(63-86)120(22,23)24)91-42-48-94(49-43-91)134-73-82-54-99(139-78-87-64-109(121(25,26)27)130-110(65-87)122(28,29)30)70-100(55-82)140-79-88-66-111(123(31,32)33)131-112(67-88)124(34,35)36/h38-70H,71-79H2,1-37H3. The Morgan fingerprint density at radius 3 is 0.357 bits per heavy atom. The molecule has 140 heavy (non-hydrogen) atoms. The van der Waals surface area contributed by atoms with E-state index in [0.717, 1.165) is 135 Å². The molecule has 0 saturated heterocycles. The number of hydrogen-bond donors (Lipinski definition) is 0. The molecular formula is C125H162N6O9. The van der Waals surface area contributed by atoms with Gasteiger partial charge in [-0.3, -0.25) is 29.9 Å². The summed E-state index contributed by atoms with van der Waals surface area (Å²) < 4.78 is 61.6. The van der Waals surface area contributed by atoms with Crippen LogP contribution in [-0.4, -0.2) is 29.9 Å². The summed E-state index contributed by atoms with van der Waals surface area (Å²) in [6.07, 6.45) is 0. The molecule has 0 spiro atoms. The Labute approximate surface area is 840 Å². The molecule has 12 rings (SSSR count). The van der Waals surface area contributed by atoms with Gasteiger partial charge in [-0.25, -0.2) is 0 Å². The molecule has 0 atom stereocenters. The first kappa shape index (κ1) is 107. The number of ether oxygens (including phenoxy) is 9. The Hall–Kier alpha value is -11.6. The zero-order valence-electron chi connectivity index (χ0n) is 91.8. The van der Waals surface area contributed by atoms with Crippen molar-refractivity contribution < 1.29 is 42.6 Å². The lowest BCUT2D eigenvalue weighted by molar-refractivity contribution is 0.281. The number of hydrogen-bond acceptors (Lipinski definition) is 15. The van der Waals surface area contributed by atoms with Gasteiger partial charge in [-0.2, -0.15) is 0 Å². The molecule has 0 amide bonds. The van der Waals surface area contributed by atoms with Gasteiger partial charge in [-0.15, -0.1) is 0 Å². The van der Waals surface area contributed by atoms with Crippen molar-refractivity contribution in [1.29, 1.82) is 0 Å². The smallest absolute Gasteiger partial charge is 0.123 e. The predicted octanol–water partition coefficient (Wildman–Crippen LogP) is 31.2. The van der Waals surface area contributed by atoms with Crippen LogP contribution >= 0.6 is 0 Å². The quantitative estimate of drug-likeness (QED) is 0.0391. The van der Waals surface area contributed by atoms with E-state index in [4.69, 9.17) is 72.5 Å². The fourth-order valence-electron chi connectivity index (χ4n) is 15.9. The largest absolute Gasteiger partial charge is 0.489 e. The Morgan fingerprint density at radius 2 is 0.243 bits per heavy atom. The SMILES string of the molecule is CC(C)(C)c1cc(COc2cc(COc3ccc(C(C)(c4ccc(OCc5cc(OCc6cc(C(C)(C)C)nc(C(C)(C)C)c6)cc(OCc6cc(C(C)(C)C)nc(C(C)(C)C)c6)c5)cc4)c4ccc(OCc5cc(OCc6cc(C(C)(C)C)nc(C(C)(C)C)c6)cc(OCc6cc(C(C)(C)C)nc(C(C)(C)C)c6)c5)cc4)cc3)cc(OCc3cc(C(C)(C)C)nc(C(C)(C)C)c3)c2)cc(C(C)(C)C)n1. The van der Waals surface area contributed by atoms with Crippen molar-refractivity contribution in [3.63, 3.8) is 0 Å². The van der Waals surface area contributed by atoms with E-state index in [-0.39, 0.29) is 84.8 Å². The summed E-state index contributed by atoms with van der Waals surface area (Å²) in [7, 11) is 0.